The topological polar surface area (TPSA) is 45.4 Å². The van der Waals surface area contributed by atoms with Crippen LogP contribution in [-0.2, 0) is 0 Å². The van der Waals surface area contributed by atoms with Gasteiger partial charge >= 0.3 is 0 Å². The number of aliphatic hydroxyl groups is 1. The van der Waals surface area contributed by atoms with Crippen molar-refractivity contribution in [2.75, 3.05) is 12.3 Å². The predicted octanol–water partition coefficient (Wildman–Crippen LogP) is 3.28. The van der Waals surface area contributed by atoms with Crippen LogP contribution < -0.4 is 5.32 Å². The maximum atomic E-state index is 13.4. The fourth-order valence-corrected chi connectivity index (χ4v) is 3.52. The zero-order chi connectivity index (χ0) is 13.9. The molecule has 1 aliphatic heterocycles. The molecule has 2 atom stereocenters. The summed E-state index contributed by atoms with van der Waals surface area (Å²) < 4.78 is 18.6. The number of aliphatic hydroxyl groups excluding tert-OH is 1. The van der Waals surface area contributed by atoms with Gasteiger partial charge < -0.3 is 14.8 Å². The number of rotatable bonds is 4. The Morgan fingerprint density at radius 1 is 1.45 bits per heavy atom. The maximum absolute atomic E-state index is 13.4. The molecule has 0 fully saturated rings. The summed E-state index contributed by atoms with van der Waals surface area (Å²) in [4.78, 5) is 1.11. The van der Waals surface area contributed by atoms with E-state index in [2.05, 4.69) is 5.32 Å². The Balaban J connectivity index is 1.69. The second-order valence-electron chi connectivity index (χ2n) is 4.81. The molecule has 1 aliphatic rings. The van der Waals surface area contributed by atoms with Gasteiger partial charge in [-0.15, -0.1) is 11.8 Å². The normalized spacial score (nSPS) is 19.6. The summed E-state index contributed by atoms with van der Waals surface area (Å²) in [7, 11) is 0. The molecule has 3 nitrogen and oxygen atoms in total. The van der Waals surface area contributed by atoms with E-state index in [1.165, 1.54) is 6.07 Å². The van der Waals surface area contributed by atoms with Crippen LogP contribution in [0.15, 0.2) is 45.9 Å². The van der Waals surface area contributed by atoms with Crippen LogP contribution in [0.4, 0.5) is 4.39 Å². The van der Waals surface area contributed by atoms with Gasteiger partial charge in [-0.2, -0.15) is 0 Å². The lowest BCUT2D eigenvalue weighted by molar-refractivity contribution is 0.143. The van der Waals surface area contributed by atoms with Gasteiger partial charge in [0.25, 0.3) is 0 Å². The zero-order valence-corrected chi connectivity index (χ0v) is 11.7. The van der Waals surface area contributed by atoms with Crippen molar-refractivity contribution in [2.45, 2.75) is 23.5 Å². The van der Waals surface area contributed by atoms with Gasteiger partial charge in [0.2, 0.25) is 0 Å². The number of hydrogen-bond donors (Lipinski definition) is 2. The number of furan rings is 1. The highest BCUT2D eigenvalue weighted by atomic mass is 32.2. The molecule has 0 radical (unpaired) electrons. The highest BCUT2D eigenvalue weighted by Crippen LogP contribution is 2.36. The van der Waals surface area contributed by atoms with Crippen molar-refractivity contribution in [3.8, 4) is 0 Å². The second kappa shape index (κ2) is 5.99. The maximum Gasteiger partial charge on any atom is 0.133 e. The Kier molecular flexibility index (Phi) is 4.10. The number of thioether (sulfide) groups is 1. The van der Waals surface area contributed by atoms with E-state index in [0.717, 1.165) is 22.6 Å². The Labute approximate surface area is 121 Å². The van der Waals surface area contributed by atoms with Crippen LogP contribution >= 0.6 is 11.8 Å². The average Bonchev–Trinajstić information content (AvgIpc) is 2.99. The van der Waals surface area contributed by atoms with Crippen LogP contribution in [0.5, 0.6) is 0 Å². The fourth-order valence-electron chi connectivity index (χ4n) is 2.41. The first-order valence-corrected chi connectivity index (χ1v) is 7.59. The highest BCUT2D eigenvalue weighted by molar-refractivity contribution is 7.99. The minimum Gasteiger partial charge on any atom is -0.467 e. The van der Waals surface area contributed by atoms with Crippen molar-refractivity contribution in [2.24, 2.45) is 0 Å². The van der Waals surface area contributed by atoms with Gasteiger partial charge in [0.15, 0.2) is 0 Å². The minimum atomic E-state index is -0.684. The molecule has 2 heterocycles. The largest absolute Gasteiger partial charge is 0.467 e. The summed E-state index contributed by atoms with van der Waals surface area (Å²) >= 11 is 1.75. The third kappa shape index (κ3) is 2.90. The van der Waals surface area contributed by atoms with Gasteiger partial charge in [-0.3, -0.25) is 0 Å². The van der Waals surface area contributed by atoms with Crippen LogP contribution in [0.2, 0.25) is 0 Å². The van der Waals surface area contributed by atoms with Crippen molar-refractivity contribution in [3.63, 3.8) is 0 Å². The molecule has 0 aliphatic carbocycles. The molecule has 0 bridgehead atoms. The predicted molar refractivity (Wildman–Crippen MR) is 76.2 cm³/mol. The molecular formula is C15H16FNO2S. The average molecular weight is 293 g/mol. The van der Waals surface area contributed by atoms with Crippen molar-refractivity contribution >= 4 is 11.8 Å². The Bertz CT molecular complexity index is 573. The lowest BCUT2D eigenvalue weighted by Gasteiger charge is -2.26. The number of hydrogen-bond acceptors (Lipinski definition) is 4. The van der Waals surface area contributed by atoms with Gasteiger partial charge in [-0.05, 0) is 48.1 Å². The van der Waals surface area contributed by atoms with Crippen molar-refractivity contribution in [1.82, 2.24) is 5.32 Å². The standard InChI is InChI=1S/C15H16FNO2S/c16-10-3-4-15-11(8-10)12(5-7-20-15)17-9-13(18)14-2-1-6-19-14/h1-4,6,8,12-13,17-18H,5,7,9H2. The lowest BCUT2D eigenvalue weighted by atomic mass is 10.0. The number of nitrogens with one attached hydrogen (secondary N) is 1. The fraction of sp³-hybridized carbons (Fsp3) is 0.333. The van der Waals surface area contributed by atoms with Crippen LogP contribution in [0.1, 0.15) is 29.9 Å². The molecule has 2 unspecified atom stereocenters. The molecule has 2 aromatic rings. The summed E-state index contributed by atoms with van der Waals surface area (Å²) in [6.07, 6.45) is 1.78. The Morgan fingerprint density at radius 3 is 3.15 bits per heavy atom. The van der Waals surface area contributed by atoms with Crippen molar-refractivity contribution in [1.29, 1.82) is 0 Å². The van der Waals surface area contributed by atoms with E-state index in [1.807, 2.05) is 6.07 Å². The summed E-state index contributed by atoms with van der Waals surface area (Å²) in [6.45, 7) is 0.388. The summed E-state index contributed by atoms with van der Waals surface area (Å²) in [6, 6.07) is 8.47. The zero-order valence-electron chi connectivity index (χ0n) is 10.9. The first kappa shape index (κ1) is 13.7. The Morgan fingerprint density at radius 2 is 2.35 bits per heavy atom. The Hall–Kier alpha value is -1.30. The number of halogens is 1. The third-order valence-corrected chi connectivity index (χ3v) is 4.56. The van der Waals surface area contributed by atoms with Gasteiger partial charge in [-0.1, -0.05) is 0 Å². The van der Waals surface area contributed by atoms with Gasteiger partial charge in [0.1, 0.15) is 17.7 Å². The third-order valence-electron chi connectivity index (χ3n) is 3.44. The van der Waals surface area contributed by atoms with Gasteiger partial charge in [0, 0.05) is 17.5 Å². The molecule has 1 aromatic heterocycles. The van der Waals surface area contributed by atoms with Crippen LogP contribution in [0.25, 0.3) is 0 Å². The molecule has 2 N–H and O–H groups in total. The van der Waals surface area contributed by atoms with E-state index in [0.29, 0.717) is 12.3 Å². The lowest BCUT2D eigenvalue weighted by Crippen LogP contribution is -2.28. The summed E-state index contributed by atoms with van der Waals surface area (Å²) in [5, 5.41) is 13.3. The molecule has 0 saturated carbocycles. The van der Waals surface area contributed by atoms with E-state index >= 15 is 0 Å². The first-order valence-electron chi connectivity index (χ1n) is 6.61. The van der Waals surface area contributed by atoms with Crippen LogP contribution in [0, 0.1) is 5.82 Å². The van der Waals surface area contributed by atoms with Crippen LogP contribution in [0.3, 0.4) is 0 Å². The van der Waals surface area contributed by atoms with Crippen LogP contribution in [-0.4, -0.2) is 17.4 Å². The number of fused-ring (bicyclic) bond motifs is 1. The van der Waals surface area contributed by atoms with E-state index in [9.17, 15) is 9.50 Å². The van der Waals surface area contributed by atoms with Gasteiger partial charge in [0.05, 0.1) is 6.26 Å². The molecule has 20 heavy (non-hydrogen) atoms. The quantitative estimate of drug-likeness (QED) is 0.908. The SMILES string of the molecule is OC(CNC1CCSc2ccc(F)cc21)c1ccco1. The molecule has 0 saturated heterocycles. The molecule has 0 amide bonds. The molecular weight excluding hydrogens is 277 g/mol. The monoisotopic (exact) mass is 293 g/mol. The smallest absolute Gasteiger partial charge is 0.133 e. The van der Waals surface area contributed by atoms with E-state index in [-0.39, 0.29) is 11.9 Å². The minimum absolute atomic E-state index is 0.0755. The molecule has 5 heteroatoms. The van der Waals surface area contributed by atoms with Crippen molar-refractivity contribution < 1.29 is 13.9 Å². The van der Waals surface area contributed by atoms with E-state index < -0.39 is 6.10 Å². The van der Waals surface area contributed by atoms with E-state index in [4.69, 9.17) is 4.42 Å². The molecule has 3 rings (SSSR count). The summed E-state index contributed by atoms with van der Waals surface area (Å²) in [5.74, 6) is 1.32. The van der Waals surface area contributed by atoms with Crippen molar-refractivity contribution in [3.05, 3.63) is 53.7 Å². The molecule has 106 valence electrons. The van der Waals surface area contributed by atoms with Gasteiger partial charge in [-0.25, -0.2) is 4.39 Å². The first-order chi connectivity index (χ1) is 9.74. The number of benzene rings is 1. The van der Waals surface area contributed by atoms with E-state index in [1.54, 1.807) is 36.2 Å². The highest BCUT2D eigenvalue weighted by Gasteiger charge is 2.22. The molecule has 1 aromatic carbocycles. The molecule has 0 spiro atoms. The second-order valence-corrected chi connectivity index (χ2v) is 5.95. The summed E-state index contributed by atoms with van der Waals surface area (Å²) in [5.41, 5.74) is 0.980.